The van der Waals surface area contributed by atoms with E-state index in [-0.39, 0.29) is 37.6 Å². The first kappa shape index (κ1) is 16.4. The average molecular weight is 297 g/mol. The van der Waals surface area contributed by atoms with Crippen LogP contribution >= 0.6 is 0 Å². The maximum Gasteiger partial charge on any atom is 0.128 e. The number of hydrogen-bond acceptors (Lipinski definition) is 4. The minimum atomic E-state index is -0.628. The number of halogens is 1. The smallest absolute Gasteiger partial charge is 0.128 e. The molecular weight excluding hydrogens is 273 g/mol. The van der Waals surface area contributed by atoms with Gasteiger partial charge >= 0.3 is 0 Å². The van der Waals surface area contributed by atoms with Crippen LogP contribution in [0.15, 0.2) is 24.3 Å². The summed E-state index contributed by atoms with van der Waals surface area (Å²) in [6, 6.07) is 6.73. The van der Waals surface area contributed by atoms with Crippen LogP contribution in [-0.4, -0.2) is 42.1 Å². The van der Waals surface area contributed by atoms with E-state index in [2.05, 4.69) is 5.32 Å². The van der Waals surface area contributed by atoms with Crippen molar-refractivity contribution >= 4 is 0 Å². The Morgan fingerprint density at radius 2 is 2.14 bits per heavy atom. The molecule has 1 aromatic carbocycles. The van der Waals surface area contributed by atoms with Gasteiger partial charge in [-0.25, -0.2) is 4.39 Å². The largest absolute Gasteiger partial charge is 0.396 e. The summed E-state index contributed by atoms with van der Waals surface area (Å²) in [4.78, 5) is 0. The Labute approximate surface area is 124 Å². The molecular formula is C16H24FNO3. The summed E-state index contributed by atoms with van der Waals surface area (Å²) in [6.07, 6.45) is 2.56. The molecule has 1 aromatic rings. The van der Waals surface area contributed by atoms with Crippen molar-refractivity contribution in [1.82, 2.24) is 5.32 Å². The fourth-order valence-electron chi connectivity index (χ4n) is 2.79. The Bertz CT molecular complexity index is 430. The van der Waals surface area contributed by atoms with E-state index < -0.39 is 6.10 Å². The van der Waals surface area contributed by atoms with Crippen molar-refractivity contribution in [3.63, 3.8) is 0 Å². The Morgan fingerprint density at radius 1 is 1.33 bits per heavy atom. The van der Waals surface area contributed by atoms with Crippen LogP contribution in [0.5, 0.6) is 0 Å². The summed E-state index contributed by atoms with van der Waals surface area (Å²) >= 11 is 0. The molecule has 21 heavy (non-hydrogen) atoms. The first-order valence-electron chi connectivity index (χ1n) is 7.54. The van der Waals surface area contributed by atoms with Crippen LogP contribution in [-0.2, 0) is 11.3 Å². The Hall–Kier alpha value is -1.01. The molecule has 1 saturated carbocycles. The predicted molar refractivity (Wildman–Crippen MR) is 78.3 cm³/mol. The van der Waals surface area contributed by atoms with Gasteiger partial charge in [0.05, 0.1) is 19.3 Å². The van der Waals surface area contributed by atoms with Gasteiger partial charge in [-0.3, -0.25) is 0 Å². The molecule has 3 atom stereocenters. The molecule has 118 valence electrons. The minimum absolute atomic E-state index is 0.159. The van der Waals surface area contributed by atoms with Crippen molar-refractivity contribution in [3.05, 3.63) is 35.6 Å². The zero-order valence-corrected chi connectivity index (χ0v) is 12.2. The summed E-state index contributed by atoms with van der Waals surface area (Å²) in [5.74, 6) is -0.00149. The zero-order chi connectivity index (χ0) is 15.1. The molecule has 0 amide bonds. The molecule has 3 N–H and O–H groups in total. The highest BCUT2D eigenvalue weighted by atomic mass is 19.1. The van der Waals surface area contributed by atoms with Crippen molar-refractivity contribution in [2.45, 2.75) is 38.0 Å². The predicted octanol–water partition coefficient (Wildman–Crippen LogP) is 1.45. The van der Waals surface area contributed by atoms with Crippen molar-refractivity contribution in [1.29, 1.82) is 0 Å². The number of hydrogen-bond donors (Lipinski definition) is 3. The van der Waals surface area contributed by atoms with E-state index in [1.165, 1.54) is 6.07 Å². The van der Waals surface area contributed by atoms with E-state index in [1.54, 1.807) is 18.2 Å². The zero-order valence-electron chi connectivity index (χ0n) is 12.2. The first-order valence-corrected chi connectivity index (χ1v) is 7.54. The Balaban J connectivity index is 1.64. The highest BCUT2D eigenvalue weighted by Crippen LogP contribution is 2.24. The standard InChI is InChI=1S/C16H24FNO3/c17-15-6-2-1-4-13(15)10-21-11-14(20)8-18-16-7-3-5-12(16)9-19/h1-2,4,6,12,14,16,18-20H,3,5,7-11H2. The van der Waals surface area contributed by atoms with Crippen molar-refractivity contribution in [2.24, 2.45) is 5.92 Å². The monoisotopic (exact) mass is 297 g/mol. The second-order valence-corrected chi connectivity index (χ2v) is 5.65. The van der Waals surface area contributed by atoms with Gasteiger partial charge < -0.3 is 20.3 Å². The molecule has 1 aliphatic carbocycles. The number of aliphatic hydroxyl groups excluding tert-OH is 2. The lowest BCUT2D eigenvalue weighted by Crippen LogP contribution is -2.40. The number of aliphatic hydroxyl groups is 2. The molecule has 0 aliphatic heterocycles. The topological polar surface area (TPSA) is 61.7 Å². The molecule has 0 aromatic heterocycles. The van der Waals surface area contributed by atoms with Gasteiger partial charge in [-0.2, -0.15) is 0 Å². The third kappa shape index (κ3) is 5.04. The molecule has 1 aliphatic rings. The van der Waals surface area contributed by atoms with E-state index in [4.69, 9.17) is 4.74 Å². The fourth-order valence-corrected chi connectivity index (χ4v) is 2.79. The van der Waals surface area contributed by atoms with E-state index >= 15 is 0 Å². The molecule has 1 fully saturated rings. The second-order valence-electron chi connectivity index (χ2n) is 5.65. The molecule has 0 spiro atoms. The number of benzene rings is 1. The lowest BCUT2D eigenvalue weighted by Gasteiger charge is -2.21. The van der Waals surface area contributed by atoms with Crippen LogP contribution in [0.25, 0.3) is 0 Å². The van der Waals surface area contributed by atoms with Gasteiger partial charge in [0.1, 0.15) is 5.82 Å². The summed E-state index contributed by atoms with van der Waals surface area (Å²) in [5.41, 5.74) is 0.494. The van der Waals surface area contributed by atoms with Crippen LogP contribution in [0.2, 0.25) is 0 Å². The molecule has 0 bridgehead atoms. The summed E-state index contributed by atoms with van der Waals surface area (Å²) in [5, 5.41) is 22.4. The molecule has 0 radical (unpaired) electrons. The summed E-state index contributed by atoms with van der Waals surface area (Å²) in [6.45, 7) is 0.945. The normalized spacial score (nSPS) is 23.4. The van der Waals surface area contributed by atoms with E-state index in [0.717, 1.165) is 19.3 Å². The van der Waals surface area contributed by atoms with Gasteiger partial charge in [0.25, 0.3) is 0 Å². The van der Waals surface area contributed by atoms with Gasteiger partial charge in [-0.05, 0) is 24.8 Å². The third-order valence-corrected chi connectivity index (χ3v) is 4.03. The second kappa shape index (κ2) is 8.44. The highest BCUT2D eigenvalue weighted by molar-refractivity contribution is 5.16. The van der Waals surface area contributed by atoms with Gasteiger partial charge in [-0.15, -0.1) is 0 Å². The minimum Gasteiger partial charge on any atom is -0.396 e. The van der Waals surface area contributed by atoms with Crippen molar-refractivity contribution in [3.8, 4) is 0 Å². The van der Waals surface area contributed by atoms with Gasteiger partial charge in [0.2, 0.25) is 0 Å². The molecule has 3 unspecified atom stereocenters. The van der Waals surface area contributed by atoms with Crippen LogP contribution < -0.4 is 5.32 Å². The Kier molecular flexibility index (Phi) is 6.57. The third-order valence-electron chi connectivity index (χ3n) is 4.03. The number of ether oxygens (including phenoxy) is 1. The molecule has 5 heteroatoms. The summed E-state index contributed by atoms with van der Waals surface area (Å²) in [7, 11) is 0. The van der Waals surface area contributed by atoms with Crippen LogP contribution in [0.1, 0.15) is 24.8 Å². The van der Waals surface area contributed by atoms with Gasteiger partial charge in [0.15, 0.2) is 0 Å². The van der Waals surface area contributed by atoms with Crippen molar-refractivity contribution in [2.75, 3.05) is 19.8 Å². The lowest BCUT2D eigenvalue weighted by molar-refractivity contribution is 0.0255. The molecule has 4 nitrogen and oxygen atoms in total. The first-order chi connectivity index (χ1) is 10.2. The van der Waals surface area contributed by atoms with Crippen LogP contribution in [0, 0.1) is 11.7 Å². The van der Waals surface area contributed by atoms with Gasteiger partial charge in [0, 0.05) is 24.8 Å². The Morgan fingerprint density at radius 3 is 2.90 bits per heavy atom. The molecule has 0 saturated heterocycles. The van der Waals surface area contributed by atoms with Crippen LogP contribution in [0.4, 0.5) is 4.39 Å². The fraction of sp³-hybridized carbons (Fsp3) is 0.625. The highest BCUT2D eigenvalue weighted by Gasteiger charge is 2.26. The van der Waals surface area contributed by atoms with E-state index in [1.807, 2.05) is 0 Å². The lowest BCUT2D eigenvalue weighted by atomic mass is 10.1. The quantitative estimate of drug-likeness (QED) is 0.680. The van der Waals surface area contributed by atoms with E-state index in [0.29, 0.717) is 12.1 Å². The van der Waals surface area contributed by atoms with E-state index in [9.17, 15) is 14.6 Å². The maximum atomic E-state index is 13.4. The molecule has 2 rings (SSSR count). The maximum absolute atomic E-state index is 13.4. The SMILES string of the molecule is OCC1CCCC1NCC(O)COCc1ccccc1F. The number of nitrogens with one attached hydrogen (secondary N) is 1. The molecule has 0 heterocycles. The number of rotatable bonds is 8. The van der Waals surface area contributed by atoms with Gasteiger partial charge in [-0.1, -0.05) is 24.6 Å². The summed E-state index contributed by atoms with van der Waals surface area (Å²) < 4.78 is 18.7. The van der Waals surface area contributed by atoms with Crippen molar-refractivity contribution < 1.29 is 19.3 Å². The average Bonchev–Trinajstić information content (AvgIpc) is 2.94. The van der Waals surface area contributed by atoms with Crippen LogP contribution in [0.3, 0.4) is 0 Å².